The minimum absolute atomic E-state index is 0.0333. The topological polar surface area (TPSA) is 299 Å². The molecule has 1 saturated heterocycles. The van der Waals surface area contributed by atoms with E-state index in [1.807, 2.05) is 0 Å². The second-order valence-electron chi connectivity index (χ2n) is 15.4. The highest BCUT2D eigenvalue weighted by Crippen LogP contribution is 2.49. The molecule has 0 aromatic carbocycles. The van der Waals surface area contributed by atoms with Crippen LogP contribution in [0, 0.1) is 0 Å². The van der Waals surface area contributed by atoms with Gasteiger partial charge in [-0.1, -0.05) is 90.4 Å². The molecule has 10 atom stereocenters. The number of phosphoric ester groups is 1. The number of aliphatic hydroxyl groups is 3. The predicted octanol–water partition coefficient (Wildman–Crippen LogP) is 2.81. The molecule has 0 aliphatic carbocycles. The highest BCUT2D eigenvalue weighted by Gasteiger charge is 2.47. The molecular formula is C40H78N5O15P. The number of carbonyl (C=O) groups excluding carboxylic acids is 4. The standard InChI is InChI=1S/C40H78N5O15P/c1-6-8-9-10-11-12-13-14-15-16-17-18-19-20-24-56-61(53,57-25-23-43-32(47)22-21-30(37(42)49)44-38(50)33(41)29(4)54-5)58-27-28(3)59-36-34(45-40(52)55-7-2)39(51)60-31(26-46)35(36)48/h28-31,33-36,39,46,48,51H,6-27,41H2,1-5H3,(H2,42,49)(H,43,47)(H,44,50)(H,45,52)/t28?,29-,30-,31-,33+,34-,35-,36-,39+,61?/m1/s1. The van der Waals surface area contributed by atoms with Crippen LogP contribution in [-0.4, -0.2) is 141 Å². The van der Waals surface area contributed by atoms with Crippen LogP contribution >= 0.6 is 7.82 Å². The van der Waals surface area contributed by atoms with Crippen molar-refractivity contribution in [3.8, 4) is 0 Å². The van der Waals surface area contributed by atoms with Gasteiger partial charge in [-0.3, -0.25) is 28.0 Å². The number of phosphoric acid groups is 1. The fraction of sp³-hybridized carbons (Fsp3) is 0.900. The van der Waals surface area contributed by atoms with Crippen LogP contribution in [0.3, 0.4) is 0 Å². The van der Waals surface area contributed by atoms with Crippen molar-refractivity contribution in [3.63, 3.8) is 0 Å². The second-order valence-corrected chi connectivity index (χ2v) is 17.0. The number of aliphatic hydroxyl groups excluding tert-OH is 3. The molecule has 0 spiro atoms. The first-order valence-corrected chi connectivity index (χ1v) is 23.5. The Kier molecular flexibility index (Phi) is 30.7. The maximum atomic E-state index is 13.8. The van der Waals surface area contributed by atoms with E-state index in [1.54, 1.807) is 13.8 Å². The average molecular weight is 900 g/mol. The molecule has 358 valence electrons. The van der Waals surface area contributed by atoms with Crippen molar-refractivity contribution in [3.05, 3.63) is 0 Å². The Morgan fingerprint density at radius 3 is 1.97 bits per heavy atom. The normalized spacial score (nSPS) is 22.0. The molecule has 1 aliphatic rings. The molecule has 4 amide bonds. The third-order valence-electron chi connectivity index (χ3n) is 10.2. The molecule has 0 radical (unpaired) electrons. The largest absolute Gasteiger partial charge is 0.474 e. The molecular weight excluding hydrogens is 821 g/mol. The zero-order valence-electron chi connectivity index (χ0n) is 37.1. The van der Waals surface area contributed by atoms with E-state index in [-0.39, 0.29) is 39.2 Å². The Morgan fingerprint density at radius 2 is 1.43 bits per heavy atom. The summed E-state index contributed by atoms with van der Waals surface area (Å²) in [6.07, 6.45) is 7.68. The summed E-state index contributed by atoms with van der Waals surface area (Å²) in [7, 11) is -2.89. The quantitative estimate of drug-likeness (QED) is 0.0331. The third-order valence-corrected chi connectivity index (χ3v) is 11.7. The number of rotatable bonds is 36. The molecule has 21 heteroatoms. The molecule has 0 aromatic heterocycles. The number of alkyl carbamates (subject to hydrolysis) is 1. The van der Waals surface area contributed by atoms with Crippen LogP contribution in [0.4, 0.5) is 4.79 Å². The van der Waals surface area contributed by atoms with Crippen molar-refractivity contribution in [2.75, 3.05) is 46.7 Å². The van der Waals surface area contributed by atoms with Crippen LogP contribution in [0.25, 0.3) is 0 Å². The molecule has 1 fully saturated rings. The van der Waals surface area contributed by atoms with Gasteiger partial charge in [0.15, 0.2) is 6.29 Å². The van der Waals surface area contributed by atoms with Crippen LogP contribution in [0.15, 0.2) is 0 Å². The molecule has 0 bridgehead atoms. The number of primary amides is 1. The summed E-state index contributed by atoms with van der Waals surface area (Å²) in [5, 5.41) is 38.5. The Hall–Kier alpha value is -2.49. The molecule has 1 aliphatic heterocycles. The number of methoxy groups -OCH3 is 1. The van der Waals surface area contributed by atoms with Crippen molar-refractivity contribution in [2.24, 2.45) is 11.5 Å². The molecule has 1 heterocycles. The van der Waals surface area contributed by atoms with E-state index in [2.05, 4.69) is 22.9 Å². The number of carbonyl (C=O) groups is 4. The van der Waals surface area contributed by atoms with Crippen LogP contribution in [0.1, 0.15) is 130 Å². The van der Waals surface area contributed by atoms with Crippen molar-refractivity contribution in [1.29, 1.82) is 0 Å². The van der Waals surface area contributed by atoms with E-state index in [9.17, 15) is 39.1 Å². The lowest BCUT2D eigenvalue weighted by Crippen LogP contribution is -2.65. The van der Waals surface area contributed by atoms with Crippen LogP contribution < -0.4 is 27.4 Å². The Balaban J connectivity index is 2.77. The lowest BCUT2D eigenvalue weighted by molar-refractivity contribution is -0.268. The average Bonchev–Trinajstić information content (AvgIpc) is 3.23. The van der Waals surface area contributed by atoms with Gasteiger partial charge < -0.3 is 61.7 Å². The minimum Gasteiger partial charge on any atom is -0.450 e. The van der Waals surface area contributed by atoms with Gasteiger partial charge in [-0.25, -0.2) is 9.36 Å². The van der Waals surface area contributed by atoms with E-state index in [4.69, 9.17) is 44.0 Å². The highest BCUT2D eigenvalue weighted by atomic mass is 31.2. The van der Waals surface area contributed by atoms with Gasteiger partial charge in [0.25, 0.3) is 0 Å². The predicted molar refractivity (Wildman–Crippen MR) is 226 cm³/mol. The number of nitrogens with two attached hydrogens (primary N) is 2. The molecule has 20 nitrogen and oxygen atoms in total. The Labute approximate surface area is 362 Å². The zero-order chi connectivity index (χ0) is 45.6. The van der Waals surface area contributed by atoms with Gasteiger partial charge in [0.05, 0.1) is 45.2 Å². The molecule has 0 aromatic rings. The summed E-state index contributed by atoms with van der Waals surface area (Å²) in [4.78, 5) is 49.1. The van der Waals surface area contributed by atoms with Gasteiger partial charge in [0, 0.05) is 20.1 Å². The monoisotopic (exact) mass is 900 g/mol. The molecule has 1 rings (SSSR count). The van der Waals surface area contributed by atoms with Crippen LogP contribution in [-0.2, 0) is 51.5 Å². The Morgan fingerprint density at radius 1 is 0.852 bits per heavy atom. The molecule has 61 heavy (non-hydrogen) atoms. The third kappa shape index (κ3) is 24.2. The lowest BCUT2D eigenvalue weighted by atomic mass is 9.96. The van der Waals surface area contributed by atoms with E-state index >= 15 is 0 Å². The summed E-state index contributed by atoms with van der Waals surface area (Å²) >= 11 is 0. The van der Waals surface area contributed by atoms with Gasteiger partial charge >= 0.3 is 13.9 Å². The first-order chi connectivity index (χ1) is 29.1. The van der Waals surface area contributed by atoms with E-state index in [0.29, 0.717) is 6.42 Å². The first kappa shape index (κ1) is 56.5. The zero-order valence-corrected chi connectivity index (χ0v) is 38.0. The van der Waals surface area contributed by atoms with E-state index < -0.39 is 99.8 Å². The van der Waals surface area contributed by atoms with E-state index in [0.717, 1.165) is 25.7 Å². The van der Waals surface area contributed by atoms with Gasteiger partial charge in [-0.15, -0.1) is 0 Å². The summed E-state index contributed by atoms with van der Waals surface area (Å²) in [5.74, 6) is -2.03. The summed E-state index contributed by atoms with van der Waals surface area (Å²) in [6.45, 7) is 5.53. The maximum Gasteiger partial charge on any atom is 0.474 e. The van der Waals surface area contributed by atoms with Crippen molar-refractivity contribution in [1.82, 2.24) is 16.0 Å². The van der Waals surface area contributed by atoms with Gasteiger partial charge in [-0.2, -0.15) is 0 Å². The second kappa shape index (κ2) is 33.1. The van der Waals surface area contributed by atoms with Crippen LogP contribution in [0.5, 0.6) is 0 Å². The highest BCUT2D eigenvalue weighted by molar-refractivity contribution is 7.48. The molecule has 10 N–H and O–H groups in total. The summed E-state index contributed by atoms with van der Waals surface area (Å²) < 4.78 is 51.8. The van der Waals surface area contributed by atoms with Gasteiger partial charge in [-0.05, 0) is 33.6 Å². The number of unbranched alkanes of at least 4 members (excludes halogenated alkanes) is 13. The fourth-order valence-electron chi connectivity index (χ4n) is 6.42. The van der Waals surface area contributed by atoms with Crippen molar-refractivity contribution < 1.29 is 71.6 Å². The van der Waals surface area contributed by atoms with Crippen molar-refractivity contribution in [2.45, 2.75) is 185 Å². The number of nitrogens with one attached hydrogen (secondary N) is 3. The van der Waals surface area contributed by atoms with Crippen LogP contribution in [0.2, 0.25) is 0 Å². The fourth-order valence-corrected chi connectivity index (χ4v) is 7.71. The first-order valence-electron chi connectivity index (χ1n) is 22.0. The van der Waals surface area contributed by atoms with Gasteiger partial charge in [0.1, 0.15) is 36.4 Å². The number of hydrogen-bond donors (Lipinski definition) is 8. The number of hydrogen-bond acceptors (Lipinski definition) is 16. The molecule has 0 saturated carbocycles. The smallest absolute Gasteiger partial charge is 0.450 e. The molecule has 2 unspecified atom stereocenters. The number of ether oxygens (including phenoxy) is 4. The van der Waals surface area contributed by atoms with E-state index in [1.165, 1.54) is 71.8 Å². The lowest BCUT2D eigenvalue weighted by Gasteiger charge is -2.43. The van der Waals surface area contributed by atoms with Crippen molar-refractivity contribution >= 4 is 31.6 Å². The maximum absolute atomic E-state index is 13.8. The SMILES string of the molecule is CCCCCCCCCCCCCCCCOP(=O)(OCCNC(=O)CC[C@@H](NC(=O)[C@@H](N)[C@@H](C)OC)C(N)=O)OCC(C)O[C@H]1[C@H](O)[C@@H](CO)O[C@H](O)[C@@H]1NC(=O)OCC. The van der Waals surface area contributed by atoms with Gasteiger partial charge in [0.2, 0.25) is 17.7 Å². The number of amides is 4. The summed E-state index contributed by atoms with van der Waals surface area (Å²) in [5.41, 5.74) is 11.3. The summed E-state index contributed by atoms with van der Waals surface area (Å²) in [6, 6.07) is -3.54. The Bertz CT molecular complexity index is 1270. The minimum atomic E-state index is -4.27.